The molecule has 12 nitrogen and oxygen atoms in total. The van der Waals surface area contributed by atoms with Gasteiger partial charge < -0.3 is 14.8 Å². The number of carbonyl (C=O) groups is 2. The van der Waals surface area contributed by atoms with E-state index in [1.54, 1.807) is 19.2 Å². The Kier molecular flexibility index (Phi) is 5.66. The number of rotatable bonds is 7. The van der Waals surface area contributed by atoms with Crippen molar-refractivity contribution in [3.63, 3.8) is 0 Å². The molecule has 2 N–H and O–H groups in total. The predicted molar refractivity (Wildman–Crippen MR) is 111 cm³/mol. The molecule has 0 unspecified atom stereocenters. The molecular formula is C20H18N6O6. The smallest absolute Gasteiger partial charge is 0.271 e. The van der Waals surface area contributed by atoms with Crippen molar-refractivity contribution in [1.29, 1.82) is 0 Å². The molecule has 164 valence electrons. The molecule has 0 radical (unpaired) electrons. The second-order valence-corrected chi connectivity index (χ2v) is 6.79. The Morgan fingerprint density at radius 3 is 2.81 bits per heavy atom. The Balaban J connectivity index is 1.40. The minimum atomic E-state index is -0.581. The zero-order valence-corrected chi connectivity index (χ0v) is 16.9. The Morgan fingerprint density at radius 1 is 1.31 bits per heavy atom. The standard InChI is InChI=1S/C20H18N6O6/c1-31-14-5-2-12(3-6-14)20-22-17(23-24-20)9-21-18(27)10-25-15-8-13(26(29)30)4-7-16(15)32-11-19(25)28/h2-8H,9-11H2,1H3,(H,21,27)(H,22,23,24). The molecule has 4 rings (SSSR count). The van der Waals surface area contributed by atoms with Crippen LogP contribution in [0.5, 0.6) is 11.5 Å². The fourth-order valence-electron chi connectivity index (χ4n) is 3.10. The number of carbonyl (C=O) groups excluding carboxylic acids is 2. The van der Waals surface area contributed by atoms with E-state index in [2.05, 4.69) is 20.5 Å². The van der Waals surface area contributed by atoms with Gasteiger partial charge in [-0.25, -0.2) is 4.98 Å². The molecule has 2 heterocycles. The monoisotopic (exact) mass is 438 g/mol. The second kappa shape index (κ2) is 8.71. The molecule has 12 heteroatoms. The first-order valence-electron chi connectivity index (χ1n) is 9.48. The predicted octanol–water partition coefficient (Wildman–Crippen LogP) is 1.43. The summed E-state index contributed by atoms with van der Waals surface area (Å²) in [6, 6.07) is 11.1. The lowest BCUT2D eigenvalue weighted by molar-refractivity contribution is -0.384. The SMILES string of the molecule is COc1ccc(-c2n[nH]c(CNC(=O)CN3C(=O)COc4ccc([N+](=O)[O-])cc43)n2)cc1. The van der Waals surface area contributed by atoms with Gasteiger partial charge in [-0.2, -0.15) is 5.10 Å². The molecule has 0 aliphatic carbocycles. The normalized spacial score (nSPS) is 12.7. The number of amides is 2. The summed E-state index contributed by atoms with van der Waals surface area (Å²) in [6.45, 7) is -0.524. The number of aromatic nitrogens is 3. The third-order valence-electron chi connectivity index (χ3n) is 4.73. The first-order valence-corrected chi connectivity index (χ1v) is 9.48. The number of aromatic amines is 1. The van der Waals surface area contributed by atoms with E-state index in [9.17, 15) is 19.7 Å². The fraction of sp³-hybridized carbons (Fsp3) is 0.200. The number of benzene rings is 2. The molecule has 2 amide bonds. The van der Waals surface area contributed by atoms with Gasteiger partial charge in [0.25, 0.3) is 11.6 Å². The molecule has 1 aliphatic heterocycles. The summed E-state index contributed by atoms with van der Waals surface area (Å²) in [5.74, 6) is 0.938. The van der Waals surface area contributed by atoms with Crippen molar-refractivity contribution >= 4 is 23.2 Å². The summed E-state index contributed by atoms with van der Waals surface area (Å²) in [4.78, 5) is 40.7. The third kappa shape index (κ3) is 4.33. The van der Waals surface area contributed by atoms with Gasteiger partial charge in [-0.1, -0.05) is 0 Å². The first-order chi connectivity index (χ1) is 15.4. The van der Waals surface area contributed by atoms with Crippen molar-refractivity contribution in [1.82, 2.24) is 20.5 Å². The first kappa shape index (κ1) is 20.8. The number of nitrogens with one attached hydrogen (secondary N) is 2. The number of H-pyrrole nitrogens is 1. The molecule has 0 saturated carbocycles. The van der Waals surface area contributed by atoms with E-state index in [0.717, 1.165) is 10.5 Å². The van der Waals surface area contributed by atoms with Gasteiger partial charge in [0, 0.05) is 17.7 Å². The summed E-state index contributed by atoms with van der Waals surface area (Å²) >= 11 is 0. The zero-order valence-electron chi connectivity index (χ0n) is 16.9. The number of nitro benzene ring substituents is 1. The Bertz CT molecular complexity index is 1180. The second-order valence-electron chi connectivity index (χ2n) is 6.79. The number of hydrogen-bond acceptors (Lipinski definition) is 8. The number of nitro groups is 1. The van der Waals surface area contributed by atoms with E-state index in [1.165, 1.54) is 18.2 Å². The van der Waals surface area contributed by atoms with Gasteiger partial charge >= 0.3 is 0 Å². The van der Waals surface area contributed by atoms with Crippen LogP contribution in [0.4, 0.5) is 11.4 Å². The van der Waals surface area contributed by atoms with Crippen LogP contribution in [0.3, 0.4) is 0 Å². The maximum Gasteiger partial charge on any atom is 0.271 e. The van der Waals surface area contributed by atoms with Gasteiger partial charge in [0.15, 0.2) is 12.4 Å². The van der Waals surface area contributed by atoms with Gasteiger partial charge in [0.2, 0.25) is 5.91 Å². The van der Waals surface area contributed by atoms with E-state index in [-0.39, 0.29) is 31.1 Å². The van der Waals surface area contributed by atoms with Gasteiger partial charge in [-0.3, -0.25) is 29.7 Å². The topological polar surface area (TPSA) is 153 Å². The molecule has 3 aromatic rings. The van der Waals surface area contributed by atoms with Gasteiger partial charge in [-0.15, -0.1) is 0 Å². The van der Waals surface area contributed by atoms with Crippen molar-refractivity contribution < 1.29 is 24.0 Å². The van der Waals surface area contributed by atoms with Crippen LogP contribution in [-0.2, 0) is 16.1 Å². The highest BCUT2D eigenvalue weighted by Crippen LogP contribution is 2.35. The van der Waals surface area contributed by atoms with Crippen LogP contribution in [0.1, 0.15) is 5.82 Å². The maximum atomic E-state index is 12.5. The van der Waals surface area contributed by atoms with E-state index in [0.29, 0.717) is 23.1 Å². The summed E-state index contributed by atoms with van der Waals surface area (Å²) in [6.07, 6.45) is 0. The van der Waals surface area contributed by atoms with Gasteiger partial charge in [0.1, 0.15) is 23.9 Å². The lowest BCUT2D eigenvalue weighted by Crippen LogP contribution is -2.45. The Hall–Kier alpha value is -4.48. The summed E-state index contributed by atoms with van der Waals surface area (Å²) in [7, 11) is 1.58. The van der Waals surface area contributed by atoms with Gasteiger partial charge in [0.05, 0.1) is 24.3 Å². The minimum Gasteiger partial charge on any atom is -0.497 e. The average molecular weight is 438 g/mol. The number of ether oxygens (including phenoxy) is 2. The summed E-state index contributed by atoms with van der Waals surface area (Å²) in [5, 5.41) is 20.6. The third-order valence-corrected chi connectivity index (χ3v) is 4.73. The molecular weight excluding hydrogens is 420 g/mol. The van der Waals surface area contributed by atoms with E-state index >= 15 is 0 Å². The van der Waals surface area contributed by atoms with E-state index in [4.69, 9.17) is 9.47 Å². The van der Waals surface area contributed by atoms with E-state index in [1.807, 2.05) is 12.1 Å². The number of nitrogens with zero attached hydrogens (tertiary/aromatic N) is 4. The van der Waals surface area contributed by atoms with Crippen molar-refractivity contribution in [2.24, 2.45) is 0 Å². The fourth-order valence-corrected chi connectivity index (χ4v) is 3.10. The van der Waals surface area contributed by atoms with Crippen LogP contribution in [-0.4, -0.2) is 52.2 Å². The van der Waals surface area contributed by atoms with Crippen molar-refractivity contribution in [2.45, 2.75) is 6.54 Å². The summed E-state index contributed by atoms with van der Waals surface area (Å²) in [5.41, 5.74) is 0.740. The van der Waals surface area contributed by atoms with Crippen molar-refractivity contribution in [3.05, 3.63) is 58.4 Å². The van der Waals surface area contributed by atoms with E-state index < -0.39 is 16.7 Å². The average Bonchev–Trinajstić information content (AvgIpc) is 3.28. The number of anilines is 1. The van der Waals surface area contributed by atoms with Crippen LogP contribution in [0.2, 0.25) is 0 Å². The van der Waals surface area contributed by atoms with Crippen LogP contribution in [0.15, 0.2) is 42.5 Å². The molecule has 1 aromatic heterocycles. The summed E-state index contributed by atoms with van der Waals surface area (Å²) < 4.78 is 10.4. The minimum absolute atomic E-state index is 0.0579. The zero-order chi connectivity index (χ0) is 22.7. The maximum absolute atomic E-state index is 12.5. The number of hydrogen-bond donors (Lipinski definition) is 2. The molecule has 0 bridgehead atoms. The molecule has 0 atom stereocenters. The molecule has 0 fully saturated rings. The van der Waals surface area contributed by atoms with Gasteiger partial charge in [-0.05, 0) is 30.3 Å². The quantitative estimate of drug-likeness (QED) is 0.415. The Morgan fingerprint density at radius 2 is 2.09 bits per heavy atom. The van der Waals surface area contributed by atoms with Crippen molar-refractivity contribution in [3.8, 4) is 22.9 Å². The number of fused-ring (bicyclic) bond motifs is 1. The Labute approximate surface area is 181 Å². The lowest BCUT2D eigenvalue weighted by Gasteiger charge is -2.28. The molecule has 1 aliphatic rings. The molecule has 0 saturated heterocycles. The lowest BCUT2D eigenvalue weighted by atomic mass is 10.2. The molecule has 2 aromatic carbocycles. The molecule has 32 heavy (non-hydrogen) atoms. The van der Waals surface area contributed by atoms with Crippen LogP contribution >= 0.6 is 0 Å². The molecule has 0 spiro atoms. The number of non-ortho nitro benzene ring substituents is 1. The van der Waals surface area contributed by atoms with Crippen LogP contribution < -0.4 is 19.7 Å². The highest BCUT2D eigenvalue weighted by atomic mass is 16.6. The largest absolute Gasteiger partial charge is 0.497 e. The van der Waals surface area contributed by atoms with Crippen LogP contribution in [0, 0.1) is 10.1 Å². The highest BCUT2D eigenvalue weighted by molar-refractivity contribution is 6.02. The van der Waals surface area contributed by atoms with Crippen LogP contribution in [0.25, 0.3) is 11.4 Å². The number of methoxy groups -OCH3 is 1. The van der Waals surface area contributed by atoms with Crippen molar-refractivity contribution in [2.75, 3.05) is 25.2 Å². The highest BCUT2D eigenvalue weighted by Gasteiger charge is 2.29.